The molecule has 2 rings (SSSR count). The molecule has 0 spiro atoms. The van der Waals surface area contributed by atoms with Crippen LogP contribution in [0.2, 0.25) is 0 Å². The van der Waals surface area contributed by atoms with Gasteiger partial charge in [0.2, 0.25) is 5.78 Å². The third kappa shape index (κ3) is 2.39. The van der Waals surface area contributed by atoms with Crippen LogP contribution < -0.4 is 0 Å². The Kier molecular flexibility index (Phi) is 3.30. The summed E-state index contributed by atoms with van der Waals surface area (Å²) in [6, 6.07) is 6.85. The molecule has 0 saturated heterocycles. The van der Waals surface area contributed by atoms with Crippen molar-refractivity contribution in [2.45, 2.75) is 6.54 Å². The van der Waals surface area contributed by atoms with E-state index < -0.39 is 0 Å². The van der Waals surface area contributed by atoms with Crippen molar-refractivity contribution in [2.75, 3.05) is 0 Å². The number of hydrogen-bond acceptors (Lipinski definition) is 5. The molecular weight excluding hydrogens is 216 g/mol. The molecule has 17 heavy (non-hydrogen) atoms. The predicted octanol–water partition coefficient (Wildman–Crippen LogP) is 2.24. The number of aromatic nitrogens is 2. The van der Waals surface area contributed by atoms with Crippen LogP contribution >= 0.6 is 0 Å². The summed E-state index contributed by atoms with van der Waals surface area (Å²) in [5, 5.41) is 3.28. The minimum Gasteiger partial charge on any atom is -0.287 e. The van der Waals surface area contributed by atoms with Crippen LogP contribution in [0.4, 0.5) is 0 Å². The number of nitrogens with zero attached hydrogens (tertiary/aromatic N) is 3. The Labute approximate surface area is 98.1 Å². The second-order valence-corrected chi connectivity index (χ2v) is 3.40. The maximum atomic E-state index is 12.1. The van der Waals surface area contributed by atoms with Crippen molar-refractivity contribution in [3.05, 3.63) is 59.7 Å². The van der Waals surface area contributed by atoms with Gasteiger partial charge in [-0.2, -0.15) is 5.11 Å². The Hall–Kier alpha value is -2.43. The van der Waals surface area contributed by atoms with E-state index in [1.54, 1.807) is 36.7 Å². The van der Waals surface area contributed by atoms with E-state index >= 15 is 0 Å². The van der Waals surface area contributed by atoms with Gasteiger partial charge in [-0.25, -0.2) is 5.53 Å². The zero-order valence-electron chi connectivity index (χ0n) is 9.00. The van der Waals surface area contributed by atoms with Crippen molar-refractivity contribution in [3.8, 4) is 0 Å². The normalized spacial score (nSPS) is 9.88. The predicted molar refractivity (Wildman–Crippen MR) is 60.8 cm³/mol. The fourth-order valence-corrected chi connectivity index (χ4v) is 1.49. The lowest BCUT2D eigenvalue weighted by Gasteiger charge is -2.04. The monoisotopic (exact) mass is 226 g/mol. The van der Waals surface area contributed by atoms with E-state index in [1.165, 1.54) is 6.20 Å². The number of ketones is 1. The van der Waals surface area contributed by atoms with E-state index in [1.807, 2.05) is 0 Å². The lowest BCUT2D eigenvalue weighted by molar-refractivity contribution is 0.103. The summed E-state index contributed by atoms with van der Waals surface area (Å²) >= 11 is 0. The van der Waals surface area contributed by atoms with Crippen LogP contribution in [0.5, 0.6) is 0 Å². The molecule has 84 valence electrons. The highest BCUT2D eigenvalue weighted by Gasteiger charge is 2.14. The molecule has 0 saturated carbocycles. The van der Waals surface area contributed by atoms with Crippen LogP contribution in [0.1, 0.15) is 21.6 Å². The highest BCUT2D eigenvalue weighted by molar-refractivity contribution is 6.08. The lowest BCUT2D eigenvalue weighted by Crippen LogP contribution is -2.07. The number of pyridine rings is 2. The fourth-order valence-electron chi connectivity index (χ4n) is 1.49. The van der Waals surface area contributed by atoms with Crippen molar-refractivity contribution in [2.24, 2.45) is 5.11 Å². The Morgan fingerprint density at radius 1 is 1.29 bits per heavy atom. The van der Waals surface area contributed by atoms with Gasteiger partial charge in [0, 0.05) is 29.7 Å². The maximum Gasteiger partial charge on any atom is 0.213 e. The zero-order valence-corrected chi connectivity index (χ0v) is 9.00. The first-order valence-electron chi connectivity index (χ1n) is 5.05. The van der Waals surface area contributed by atoms with Crippen molar-refractivity contribution in [3.63, 3.8) is 0 Å². The van der Waals surface area contributed by atoms with E-state index in [4.69, 9.17) is 5.53 Å². The lowest BCUT2D eigenvalue weighted by atomic mass is 10.1. The van der Waals surface area contributed by atoms with E-state index in [9.17, 15) is 4.79 Å². The van der Waals surface area contributed by atoms with Gasteiger partial charge in [-0.05, 0) is 18.2 Å². The van der Waals surface area contributed by atoms with Crippen LogP contribution in [0.15, 0.2) is 48.0 Å². The molecule has 5 heteroatoms. The van der Waals surface area contributed by atoms with E-state index in [-0.39, 0.29) is 12.3 Å². The zero-order chi connectivity index (χ0) is 12.1. The first kappa shape index (κ1) is 11.1. The SMILES string of the molecule is N=NCc1cccnc1C(=O)c1cccnc1. The average molecular weight is 226 g/mol. The fraction of sp³-hybridized carbons (Fsp3) is 0.0833. The molecule has 5 nitrogen and oxygen atoms in total. The van der Waals surface area contributed by atoms with Crippen LogP contribution in [0.25, 0.3) is 0 Å². The molecule has 0 bridgehead atoms. The molecule has 2 heterocycles. The standard InChI is InChI=1S/C12H10N4O/c13-16-8-9-3-2-6-15-11(9)12(17)10-4-1-5-14-7-10/h1-7,13H,8H2. The maximum absolute atomic E-state index is 12.1. The molecule has 0 aliphatic carbocycles. The summed E-state index contributed by atoms with van der Waals surface area (Å²) in [7, 11) is 0. The second kappa shape index (κ2) is 5.07. The molecule has 2 aromatic heterocycles. The highest BCUT2D eigenvalue weighted by Crippen LogP contribution is 2.12. The van der Waals surface area contributed by atoms with Crippen molar-refractivity contribution in [1.29, 1.82) is 5.53 Å². The molecule has 0 atom stereocenters. The summed E-state index contributed by atoms with van der Waals surface area (Å²) in [4.78, 5) is 20.1. The summed E-state index contributed by atoms with van der Waals surface area (Å²) in [5.74, 6) is -0.197. The van der Waals surface area contributed by atoms with Crippen molar-refractivity contribution < 1.29 is 4.79 Å². The minimum absolute atomic E-state index is 0.162. The first-order valence-corrected chi connectivity index (χ1v) is 5.05. The van der Waals surface area contributed by atoms with Gasteiger partial charge in [0.05, 0.1) is 6.54 Å². The van der Waals surface area contributed by atoms with Gasteiger partial charge in [0.25, 0.3) is 0 Å². The van der Waals surface area contributed by atoms with Crippen molar-refractivity contribution in [1.82, 2.24) is 9.97 Å². The van der Waals surface area contributed by atoms with Crippen molar-refractivity contribution >= 4 is 5.78 Å². The molecule has 0 aliphatic heterocycles. The quantitative estimate of drug-likeness (QED) is 0.641. The van der Waals surface area contributed by atoms with Crippen LogP contribution in [0, 0.1) is 5.53 Å². The number of carbonyl (C=O) groups excluding carboxylic acids is 1. The number of hydrogen-bond donors (Lipinski definition) is 1. The molecule has 0 aliphatic rings. The topological polar surface area (TPSA) is 79.1 Å². The number of rotatable bonds is 4. The van der Waals surface area contributed by atoms with Gasteiger partial charge in [0.1, 0.15) is 5.69 Å². The largest absolute Gasteiger partial charge is 0.287 e. The molecule has 0 radical (unpaired) electrons. The minimum atomic E-state index is -0.197. The molecule has 1 N–H and O–H groups in total. The molecule has 0 unspecified atom stereocenters. The Morgan fingerprint density at radius 2 is 2.12 bits per heavy atom. The molecular formula is C12H10N4O. The number of carbonyl (C=O) groups is 1. The summed E-state index contributed by atoms with van der Waals surface area (Å²) in [6.07, 6.45) is 4.66. The Morgan fingerprint density at radius 3 is 2.82 bits per heavy atom. The van der Waals surface area contributed by atoms with E-state index in [0.717, 1.165) is 0 Å². The second-order valence-electron chi connectivity index (χ2n) is 3.40. The molecule has 0 fully saturated rings. The smallest absolute Gasteiger partial charge is 0.213 e. The summed E-state index contributed by atoms with van der Waals surface area (Å²) in [5.41, 5.74) is 8.32. The van der Waals surface area contributed by atoms with Gasteiger partial charge in [-0.15, -0.1) is 0 Å². The highest BCUT2D eigenvalue weighted by atomic mass is 16.1. The third-order valence-electron chi connectivity index (χ3n) is 2.28. The van der Waals surface area contributed by atoms with Crippen LogP contribution in [-0.4, -0.2) is 15.8 Å². The molecule has 2 aromatic rings. The van der Waals surface area contributed by atoms with Gasteiger partial charge in [-0.1, -0.05) is 6.07 Å². The van der Waals surface area contributed by atoms with Crippen LogP contribution in [0.3, 0.4) is 0 Å². The average Bonchev–Trinajstić information content (AvgIpc) is 2.40. The van der Waals surface area contributed by atoms with Gasteiger partial charge in [-0.3, -0.25) is 14.8 Å². The summed E-state index contributed by atoms with van der Waals surface area (Å²) < 4.78 is 0. The number of nitrogens with one attached hydrogen (secondary N) is 1. The third-order valence-corrected chi connectivity index (χ3v) is 2.28. The van der Waals surface area contributed by atoms with Gasteiger partial charge < -0.3 is 0 Å². The molecule has 0 amide bonds. The first-order chi connectivity index (χ1) is 8.33. The van der Waals surface area contributed by atoms with Crippen LogP contribution in [-0.2, 0) is 6.54 Å². The summed E-state index contributed by atoms with van der Waals surface area (Å²) in [6.45, 7) is 0.162. The van der Waals surface area contributed by atoms with Gasteiger partial charge in [0.15, 0.2) is 0 Å². The molecule has 0 aromatic carbocycles. The van der Waals surface area contributed by atoms with Gasteiger partial charge >= 0.3 is 0 Å². The van der Waals surface area contributed by atoms with E-state index in [0.29, 0.717) is 16.8 Å². The Bertz CT molecular complexity index is 539. The van der Waals surface area contributed by atoms with E-state index in [2.05, 4.69) is 15.1 Å². The Balaban J connectivity index is 2.40.